The number of hydrogen-bond acceptors (Lipinski definition) is 4. The zero-order valence-electron chi connectivity index (χ0n) is 10.9. The van der Waals surface area contributed by atoms with Crippen LogP contribution >= 0.6 is 46.3 Å². The fourth-order valence-corrected chi connectivity index (χ4v) is 4.32. The third kappa shape index (κ3) is 3.11. The number of aromatic nitrogens is 2. The first-order chi connectivity index (χ1) is 10.0. The fraction of sp³-hybridized carbons (Fsp3) is 0.143. The van der Waals surface area contributed by atoms with Gasteiger partial charge in [0.15, 0.2) is 5.16 Å². The fourth-order valence-electron chi connectivity index (χ4n) is 1.92. The quantitative estimate of drug-likeness (QED) is 0.536. The summed E-state index contributed by atoms with van der Waals surface area (Å²) >= 11 is 14.9. The van der Waals surface area contributed by atoms with Gasteiger partial charge in [-0.1, -0.05) is 41.0 Å². The lowest BCUT2D eigenvalue weighted by Gasteiger charge is -2.04. The maximum Gasteiger partial charge on any atom is 0.260 e. The van der Waals surface area contributed by atoms with Crippen LogP contribution in [0.15, 0.2) is 33.5 Å². The number of aromatic amines is 1. The molecule has 2 aromatic heterocycles. The van der Waals surface area contributed by atoms with E-state index in [2.05, 4.69) is 9.97 Å². The topological polar surface area (TPSA) is 45.8 Å². The van der Waals surface area contributed by atoms with Crippen molar-refractivity contribution >= 4 is 56.5 Å². The lowest BCUT2D eigenvalue weighted by atomic mass is 10.2. The summed E-state index contributed by atoms with van der Waals surface area (Å²) in [5.74, 6) is 0.620. The summed E-state index contributed by atoms with van der Waals surface area (Å²) in [5, 5.41) is 4.44. The molecule has 0 saturated carbocycles. The molecule has 3 rings (SSSR count). The first-order valence-electron chi connectivity index (χ1n) is 6.09. The number of thiophene rings is 1. The van der Waals surface area contributed by atoms with Crippen LogP contribution in [0.25, 0.3) is 10.2 Å². The van der Waals surface area contributed by atoms with E-state index in [4.69, 9.17) is 23.2 Å². The average molecular weight is 357 g/mol. The predicted octanol–water partition coefficient (Wildman–Crippen LogP) is 4.89. The Kier molecular flexibility index (Phi) is 4.26. The van der Waals surface area contributed by atoms with E-state index in [1.165, 1.54) is 23.1 Å². The Bertz CT molecular complexity index is 873. The van der Waals surface area contributed by atoms with Crippen LogP contribution in [0.4, 0.5) is 0 Å². The molecule has 0 fully saturated rings. The number of nitrogens with one attached hydrogen (secondary N) is 1. The lowest BCUT2D eigenvalue weighted by molar-refractivity contribution is 0.978. The number of H-pyrrole nitrogens is 1. The molecule has 0 aliphatic carbocycles. The molecule has 0 radical (unpaired) electrons. The number of fused-ring (bicyclic) bond motifs is 1. The number of benzene rings is 1. The van der Waals surface area contributed by atoms with Gasteiger partial charge in [0, 0.05) is 15.8 Å². The van der Waals surface area contributed by atoms with Crippen molar-refractivity contribution in [2.45, 2.75) is 17.8 Å². The second kappa shape index (κ2) is 6.01. The molecule has 0 spiro atoms. The molecule has 0 aliphatic heterocycles. The Hall–Kier alpha value is -1.01. The molecule has 7 heteroatoms. The summed E-state index contributed by atoms with van der Waals surface area (Å²) in [6, 6.07) is 5.38. The van der Waals surface area contributed by atoms with Gasteiger partial charge in [0.2, 0.25) is 0 Å². The minimum atomic E-state index is -0.0940. The number of nitrogens with zero attached hydrogens (tertiary/aromatic N) is 1. The molecule has 0 atom stereocenters. The van der Waals surface area contributed by atoms with Crippen molar-refractivity contribution in [1.29, 1.82) is 0 Å². The smallest absolute Gasteiger partial charge is 0.260 e. The van der Waals surface area contributed by atoms with Crippen molar-refractivity contribution in [3.8, 4) is 0 Å². The monoisotopic (exact) mass is 356 g/mol. The average Bonchev–Trinajstić information content (AvgIpc) is 2.80. The van der Waals surface area contributed by atoms with Gasteiger partial charge < -0.3 is 4.98 Å². The molecule has 0 amide bonds. The molecule has 2 heterocycles. The largest absolute Gasteiger partial charge is 0.301 e. The highest BCUT2D eigenvalue weighted by molar-refractivity contribution is 7.98. The van der Waals surface area contributed by atoms with Gasteiger partial charge in [0.1, 0.15) is 4.83 Å². The summed E-state index contributed by atoms with van der Waals surface area (Å²) in [6.45, 7) is 1.91. The maximum absolute atomic E-state index is 12.1. The highest BCUT2D eigenvalue weighted by Gasteiger charge is 2.09. The first kappa shape index (κ1) is 14.9. The number of hydrogen-bond donors (Lipinski definition) is 1. The van der Waals surface area contributed by atoms with E-state index in [0.29, 0.717) is 26.3 Å². The van der Waals surface area contributed by atoms with E-state index in [-0.39, 0.29) is 5.56 Å². The van der Waals surface area contributed by atoms with Crippen molar-refractivity contribution < 1.29 is 0 Å². The van der Waals surface area contributed by atoms with Crippen LogP contribution in [-0.2, 0) is 5.75 Å². The van der Waals surface area contributed by atoms with E-state index < -0.39 is 0 Å². The summed E-state index contributed by atoms with van der Waals surface area (Å²) in [5.41, 5.74) is 1.82. The van der Waals surface area contributed by atoms with E-state index in [9.17, 15) is 4.79 Å². The van der Waals surface area contributed by atoms with Crippen LogP contribution in [0, 0.1) is 6.92 Å². The molecule has 1 N–H and O–H groups in total. The third-order valence-electron chi connectivity index (χ3n) is 2.99. The second-order valence-corrected chi connectivity index (χ2v) is 7.16. The molecule has 3 nitrogen and oxygen atoms in total. The molecule has 0 unspecified atom stereocenters. The van der Waals surface area contributed by atoms with E-state index >= 15 is 0 Å². The summed E-state index contributed by atoms with van der Waals surface area (Å²) < 4.78 is 0. The molecule has 0 bridgehead atoms. The predicted molar refractivity (Wildman–Crippen MR) is 91.0 cm³/mol. The van der Waals surface area contributed by atoms with Gasteiger partial charge in [-0.25, -0.2) is 4.98 Å². The van der Waals surface area contributed by atoms with Gasteiger partial charge in [0.25, 0.3) is 5.56 Å². The SMILES string of the molecule is Cc1csc2nc(SCc3ccc(Cl)cc3Cl)[nH]c(=O)c12. The summed E-state index contributed by atoms with van der Waals surface area (Å²) in [6.07, 6.45) is 0. The van der Waals surface area contributed by atoms with E-state index in [1.807, 2.05) is 18.4 Å². The number of rotatable bonds is 3. The van der Waals surface area contributed by atoms with E-state index in [0.717, 1.165) is 16.0 Å². The minimum absolute atomic E-state index is 0.0940. The molecule has 108 valence electrons. The number of thioether (sulfide) groups is 1. The van der Waals surface area contributed by atoms with Gasteiger partial charge in [-0.15, -0.1) is 11.3 Å². The normalized spacial score (nSPS) is 11.2. The zero-order valence-corrected chi connectivity index (χ0v) is 14.1. The van der Waals surface area contributed by atoms with E-state index in [1.54, 1.807) is 12.1 Å². The van der Waals surface area contributed by atoms with Crippen LogP contribution in [-0.4, -0.2) is 9.97 Å². The van der Waals surface area contributed by atoms with Crippen LogP contribution in [0.2, 0.25) is 10.0 Å². The van der Waals surface area contributed by atoms with Crippen LogP contribution in [0.3, 0.4) is 0 Å². The Morgan fingerprint density at radius 2 is 2.19 bits per heavy atom. The molecule has 3 aromatic rings. The second-order valence-electron chi connectivity index (χ2n) is 4.49. The maximum atomic E-state index is 12.1. The molecule has 0 saturated heterocycles. The van der Waals surface area contributed by atoms with Gasteiger partial charge in [0.05, 0.1) is 5.39 Å². The van der Waals surface area contributed by atoms with Crippen molar-refractivity contribution in [2.24, 2.45) is 0 Å². The standard InChI is InChI=1S/C14H10Cl2N2OS2/c1-7-5-20-13-11(7)12(19)17-14(18-13)21-6-8-2-3-9(15)4-10(8)16/h2-5H,6H2,1H3,(H,17,18,19). The van der Waals surface area contributed by atoms with Crippen molar-refractivity contribution in [1.82, 2.24) is 9.97 Å². The lowest BCUT2D eigenvalue weighted by Crippen LogP contribution is -2.08. The first-order valence-corrected chi connectivity index (χ1v) is 8.71. The Labute approximate surface area is 139 Å². The van der Waals surface area contributed by atoms with Gasteiger partial charge in [-0.05, 0) is 35.6 Å². The minimum Gasteiger partial charge on any atom is -0.301 e. The van der Waals surface area contributed by atoms with Crippen molar-refractivity contribution in [2.75, 3.05) is 0 Å². The molecule has 0 aliphatic rings. The van der Waals surface area contributed by atoms with Gasteiger partial charge in [-0.2, -0.15) is 0 Å². The Morgan fingerprint density at radius 3 is 2.95 bits per heavy atom. The highest BCUT2D eigenvalue weighted by Crippen LogP contribution is 2.28. The number of aryl methyl sites for hydroxylation is 1. The highest BCUT2D eigenvalue weighted by atomic mass is 35.5. The van der Waals surface area contributed by atoms with Crippen LogP contribution < -0.4 is 5.56 Å². The van der Waals surface area contributed by atoms with Crippen molar-refractivity contribution in [3.05, 3.63) is 55.1 Å². The zero-order chi connectivity index (χ0) is 15.0. The van der Waals surface area contributed by atoms with Gasteiger partial charge in [-0.3, -0.25) is 4.79 Å². The summed E-state index contributed by atoms with van der Waals surface area (Å²) in [4.78, 5) is 20.1. The number of halogens is 2. The molecular formula is C14H10Cl2N2OS2. The van der Waals surface area contributed by atoms with Crippen molar-refractivity contribution in [3.63, 3.8) is 0 Å². The summed E-state index contributed by atoms with van der Waals surface area (Å²) in [7, 11) is 0. The Morgan fingerprint density at radius 1 is 1.38 bits per heavy atom. The molecule has 21 heavy (non-hydrogen) atoms. The molecular weight excluding hydrogens is 347 g/mol. The Balaban J connectivity index is 1.87. The van der Waals surface area contributed by atoms with Crippen LogP contribution in [0.1, 0.15) is 11.1 Å². The molecule has 1 aromatic carbocycles. The third-order valence-corrected chi connectivity index (χ3v) is 5.48. The van der Waals surface area contributed by atoms with Crippen LogP contribution in [0.5, 0.6) is 0 Å². The van der Waals surface area contributed by atoms with Gasteiger partial charge >= 0.3 is 0 Å².